The molecule has 0 unspecified atom stereocenters. The molecule has 1 fully saturated rings. The summed E-state index contributed by atoms with van der Waals surface area (Å²) in [6.07, 6.45) is 2.42. The standard InChI is InChI=1S/C26H28N4O2S/c1-15-24(29-26(27-15)28-17(3)31)20-11-21-13-30(16(2)19-9-10-19)25(32)23(21)22(12-20)33-14-18-7-5-4-6-8-18/h4-8,11-12,16,19H,9-10,13-14H2,1-3H3,(H2,27,28,29,31)/t16-/m0/s1. The lowest BCUT2D eigenvalue weighted by Crippen LogP contribution is -2.34. The number of amides is 2. The Morgan fingerprint density at radius 3 is 2.73 bits per heavy atom. The van der Waals surface area contributed by atoms with E-state index in [0.717, 1.165) is 38.7 Å². The predicted molar refractivity (Wildman–Crippen MR) is 131 cm³/mol. The molecule has 7 heteroatoms. The SMILES string of the molecule is CC(=O)Nc1nc(-c2cc3c(c(SCc4ccccc4)c2)C(=O)N([C@@H](C)C2CC2)C3)c(C)[nH]1. The monoisotopic (exact) mass is 460 g/mol. The van der Waals surface area contributed by atoms with E-state index in [1.165, 1.54) is 25.3 Å². The van der Waals surface area contributed by atoms with E-state index in [1.54, 1.807) is 11.8 Å². The molecule has 3 aromatic rings. The minimum absolute atomic E-state index is 0.143. The number of thioether (sulfide) groups is 1. The van der Waals surface area contributed by atoms with E-state index in [2.05, 4.69) is 46.5 Å². The molecule has 1 aliphatic heterocycles. The summed E-state index contributed by atoms with van der Waals surface area (Å²) in [5, 5.41) is 2.72. The molecule has 0 spiro atoms. The molecule has 0 saturated heterocycles. The second kappa shape index (κ2) is 8.71. The highest BCUT2D eigenvalue weighted by Crippen LogP contribution is 2.42. The zero-order chi connectivity index (χ0) is 23.1. The van der Waals surface area contributed by atoms with Crippen LogP contribution in [0, 0.1) is 12.8 Å². The Morgan fingerprint density at radius 1 is 1.27 bits per heavy atom. The van der Waals surface area contributed by atoms with Gasteiger partial charge in [-0.1, -0.05) is 30.3 Å². The molecular weight excluding hydrogens is 432 g/mol. The van der Waals surface area contributed by atoms with Gasteiger partial charge in [0.2, 0.25) is 11.9 Å². The zero-order valence-corrected chi connectivity index (χ0v) is 20.0. The van der Waals surface area contributed by atoms with Gasteiger partial charge in [0.15, 0.2) is 0 Å². The highest BCUT2D eigenvalue weighted by Gasteiger charge is 2.39. The first kappa shape index (κ1) is 21.8. The normalized spacial score (nSPS) is 16.1. The first-order valence-corrected chi connectivity index (χ1v) is 12.4. The van der Waals surface area contributed by atoms with Crippen LogP contribution in [0.4, 0.5) is 5.95 Å². The molecule has 2 amide bonds. The van der Waals surface area contributed by atoms with E-state index < -0.39 is 0 Å². The first-order chi connectivity index (χ1) is 15.9. The van der Waals surface area contributed by atoms with Gasteiger partial charge in [0.05, 0.1) is 11.3 Å². The maximum atomic E-state index is 13.5. The molecule has 2 aliphatic rings. The van der Waals surface area contributed by atoms with Crippen molar-refractivity contribution >= 4 is 29.5 Å². The van der Waals surface area contributed by atoms with E-state index in [0.29, 0.717) is 18.4 Å². The number of nitrogens with one attached hydrogen (secondary N) is 2. The third-order valence-electron chi connectivity index (χ3n) is 6.48. The van der Waals surface area contributed by atoms with Crippen LogP contribution in [0.25, 0.3) is 11.3 Å². The van der Waals surface area contributed by atoms with Crippen LogP contribution in [0.1, 0.15) is 53.9 Å². The van der Waals surface area contributed by atoms with E-state index in [-0.39, 0.29) is 17.9 Å². The molecule has 0 bridgehead atoms. The predicted octanol–water partition coefficient (Wildman–Crippen LogP) is 5.39. The molecule has 1 atom stereocenters. The summed E-state index contributed by atoms with van der Waals surface area (Å²) < 4.78 is 0. The summed E-state index contributed by atoms with van der Waals surface area (Å²) >= 11 is 1.70. The van der Waals surface area contributed by atoms with E-state index in [9.17, 15) is 9.59 Å². The van der Waals surface area contributed by atoms with Crippen LogP contribution in [-0.4, -0.2) is 32.7 Å². The van der Waals surface area contributed by atoms with E-state index >= 15 is 0 Å². The minimum Gasteiger partial charge on any atom is -0.331 e. The molecule has 2 heterocycles. The van der Waals surface area contributed by atoms with Crippen molar-refractivity contribution in [2.75, 3.05) is 5.32 Å². The molecule has 1 aromatic heterocycles. The number of hydrogen-bond donors (Lipinski definition) is 2. The number of H-pyrrole nitrogens is 1. The summed E-state index contributed by atoms with van der Waals surface area (Å²) in [5.41, 5.74) is 5.75. The lowest BCUT2D eigenvalue weighted by Gasteiger charge is -2.24. The lowest BCUT2D eigenvalue weighted by atomic mass is 10.0. The number of fused-ring (bicyclic) bond motifs is 1. The van der Waals surface area contributed by atoms with Gasteiger partial charge >= 0.3 is 0 Å². The van der Waals surface area contributed by atoms with Crippen molar-refractivity contribution in [2.24, 2.45) is 5.92 Å². The largest absolute Gasteiger partial charge is 0.331 e. The number of nitrogens with zero attached hydrogens (tertiary/aromatic N) is 2. The molecular formula is C26H28N4O2S. The average Bonchev–Trinajstić information content (AvgIpc) is 3.50. The fraction of sp³-hybridized carbons (Fsp3) is 0.346. The Kier molecular flexibility index (Phi) is 5.74. The fourth-order valence-electron chi connectivity index (χ4n) is 4.55. The van der Waals surface area contributed by atoms with E-state index in [1.807, 2.05) is 30.0 Å². The van der Waals surface area contributed by atoms with Crippen LogP contribution in [-0.2, 0) is 17.1 Å². The van der Waals surface area contributed by atoms with Gasteiger partial charge in [-0.05, 0) is 55.9 Å². The van der Waals surface area contributed by atoms with Crippen molar-refractivity contribution in [1.29, 1.82) is 0 Å². The summed E-state index contributed by atoms with van der Waals surface area (Å²) in [7, 11) is 0. The van der Waals surface area contributed by atoms with Crippen molar-refractivity contribution in [3.8, 4) is 11.3 Å². The van der Waals surface area contributed by atoms with Crippen LogP contribution < -0.4 is 5.32 Å². The molecule has 2 N–H and O–H groups in total. The average molecular weight is 461 g/mol. The zero-order valence-electron chi connectivity index (χ0n) is 19.1. The molecule has 0 radical (unpaired) electrons. The second-order valence-corrected chi connectivity index (χ2v) is 10.1. The number of aromatic amines is 1. The van der Waals surface area contributed by atoms with Crippen molar-refractivity contribution in [1.82, 2.24) is 14.9 Å². The molecule has 2 aromatic carbocycles. The van der Waals surface area contributed by atoms with Crippen LogP contribution in [0.2, 0.25) is 0 Å². The highest BCUT2D eigenvalue weighted by atomic mass is 32.2. The summed E-state index contributed by atoms with van der Waals surface area (Å²) in [6, 6.07) is 14.8. The number of carbonyl (C=O) groups excluding carboxylic acids is 2. The maximum absolute atomic E-state index is 13.5. The van der Waals surface area contributed by atoms with Crippen LogP contribution in [0.5, 0.6) is 0 Å². The third-order valence-corrected chi connectivity index (χ3v) is 7.60. The molecule has 5 rings (SSSR count). The number of hydrogen-bond acceptors (Lipinski definition) is 4. The Morgan fingerprint density at radius 2 is 2.03 bits per heavy atom. The third kappa shape index (κ3) is 4.42. The number of carbonyl (C=O) groups is 2. The van der Waals surface area contributed by atoms with Crippen LogP contribution in [0.3, 0.4) is 0 Å². The molecule has 6 nitrogen and oxygen atoms in total. The first-order valence-electron chi connectivity index (χ1n) is 11.4. The van der Waals surface area contributed by atoms with Crippen molar-refractivity contribution in [3.63, 3.8) is 0 Å². The van der Waals surface area contributed by atoms with Gasteiger partial charge in [0.25, 0.3) is 5.91 Å². The van der Waals surface area contributed by atoms with Gasteiger partial charge in [0, 0.05) is 41.4 Å². The molecule has 170 valence electrons. The van der Waals surface area contributed by atoms with Gasteiger partial charge in [-0.2, -0.15) is 0 Å². The number of anilines is 1. The fourth-order valence-corrected chi connectivity index (χ4v) is 5.64. The Balaban J connectivity index is 1.52. The Labute approximate surface area is 198 Å². The highest BCUT2D eigenvalue weighted by molar-refractivity contribution is 7.98. The summed E-state index contributed by atoms with van der Waals surface area (Å²) in [6.45, 7) is 6.23. The van der Waals surface area contributed by atoms with Crippen LogP contribution in [0.15, 0.2) is 47.4 Å². The molecule has 1 saturated carbocycles. The van der Waals surface area contributed by atoms with Crippen LogP contribution >= 0.6 is 11.8 Å². The summed E-state index contributed by atoms with van der Waals surface area (Å²) in [4.78, 5) is 35.8. The van der Waals surface area contributed by atoms with Gasteiger partial charge in [0.1, 0.15) is 0 Å². The van der Waals surface area contributed by atoms with Crippen molar-refractivity contribution < 1.29 is 9.59 Å². The summed E-state index contributed by atoms with van der Waals surface area (Å²) in [5.74, 6) is 1.83. The topological polar surface area (TPSA) is 78.1 Å². The van der Waals surface area contributed by atoms with Gasteiger partial charge in [-0.3, -0.25) is 14.9 Å². The second-order valence-electron chi connectivity index (χ2n) is 9.03. The van der Waals surface area contributed by atoms with Gasteiger partial charge < -0.3 is 9.88 Å². The minimum atomic E-state index is -0.168. The Bertz CT molecular complexity index is 1220. The van der Waals surface area contributed by atoms with E-state index in [4.69, 9.17) is 0 Å². The maximum Gasteiger partial charge on any atom is 0.255 e. The number of aryl methyl sites for hydroxylation is 1. The number of imidazole rings is 1. The van der Waals surface area contributed by atoms with Gasteiger partial charge in [-0.25, -0.2) is 4.98 Å². The smallest absolute Gasteiger partial charge is 0.255 e. The Hall–Kier alpha value is -3.06. The quantitative estimate of drug-likeness (QED) is 0.464. The molecule has 1 aliphatic carbocycles. The lowest BCUT2D eigenvalue weighted by molar-refractivity contribution is -0.114. The molecule has 33 heavy (non-hydrogen) atoms. The van der Waals surface area contributed by atoms with Gasteiger partial charge in [-0.15, -0.1) is 11.8 Å². The number of benzene rings is 2. The van der Waals surface area contributed by atoms with Crippen molar-refractivity contribution in [3.05, 3.63) is 64.8 Å². The number of rotatable bonds is 7. The van der Waals surface area contributed by atoms with Crippen molar-refractivity contribution in [2.45, 2.75) is 56.8 Å². The number of aromatic nitrogens is 2.